The van der Waals surface area contributed by atoms with E-state index in [1.807, 2.05) is 19.9 Å². The standard InChI is InChI=1S/C5H9O/c1-3-5-6-4-2/h3-5H,1-2H3/b5-3-. The van der Waals surface area contributed by atoms with Crippen molar-refractivity contribution in [3.8, 4) is 0 Å². The summed E-state index contributed by atoms with van der Waals surface area (Å²) < 4.78 is 4.68. The maximum absolute atomic E-state index is 4.68. The molecule has 0 aliphatic rings. The van der Waals surface area contributed by atoms with Gasteiger partial charge in [0, 0.05) is 0 Å². The van der Waals surface area contributed by atoms with Crippen molar-refractivity contribution in [1.82, 2.24) is 0 Å². The maximum atomic E-state index is 4.68. The zero-order valence-electron chi connectivity index (χ0n) is 4.14. The second-order valence-corrected chi connectivity index (χ2v) is 0.841. The quantitative estimate of drug-likeness (QED) is 0.464. The van der Waals surface area contributed by atoms with Crippen LogP contribution in [-0.2, 0) is 4.74 Å². The number of allylic oxidation sites excluding steroid dienone is 1. The van der Waals surface area contributed by atoms with Crippen LogP contribution in [0.25, 0.3) is 0 Å². The van der Waals surface area contributed by atoms with Gasteiger partial charge in [0.1, 0.15) is 6.61 Å². The zero-order valence-corrected chi connectivity index (χ0v) is 4.14. The van der Waals surface area contributed by atoms with Crippen molar-refractivity contribution in [2.45, 2.75) is 13.8 Å². The van der Waals surface area contributed by atoms with E-state index >= 15 is 0 Å². The Bertz CT molecular complexity index is 39.2. The van der Waals surface area contributed by atoms with Crippen LogP contribution in [0.2, 0.25) is 0 Å². The lowest BCUT2D eigenvalue weighted by atomic mass is 10.7. The minimum atomic E-state index is 1.62. The lowest BCUT2D eigenvalue weighted by Gasteiger charge is -1.85. The predicted molar refractivity (Wildman–Crippen MR) is 25.9 cm³/mol. The fourth-order valence-electron chi connectivity index (χ4n) is 0.157. The summed E-state index contributed by atoms with van der Waals surface area (Å²) >= 11 is 0. The average Bonchev–Trinajstić information content (AvgIpc) is 1.61. The van der Waals surface area contributed by atoms with Crippen LogP contribution < -0.4 is 0 Å². The van der Waals surface area contributed by atoms with Gasteiger partial charge >= 0.3 is 0 Å². The van der Waals surface area contributed by atoms with Crippen LogP contribution >= 0.6 is 0 Å². The Morgan fingerprint density at radius 1 is 1.33 bits per heavy atom. The summed E-state index contributed by atoms with van der Waals surface area (Å²) in [5.41, 5.74) is 0. The molecule has 6 heavy (non-hydrogen) atoms. The van der Waals surface area contributed by atoms with Crippen molar-refractivity contribution >= 4 is 0 Å². The second kappa shape index (κ2) is 4.54. The lowest BCUT2D eigenvalue weighted by molar-refractivity contribution is 0.341. The summed E-state index contributed by atoms with van der Waals surface area (Å²) in [6.07, 6.45) is 3.46. The Morgan fingerprint density at radius 2 is 2.00 bits per heavy atom. The largest absolute Gasteiger partial charge is 0.495 e. The van der Waals surface area contributed by atoms with Crippen LogP contribution in [0.3, 0.4) is 0 Å². The summed E-state index contributed by atoms with van der Waals surface area (Å²) in [5.74, 6) is 0. The van der Waals surface area contributed by atoms with E-state index in [0.29, 0.717) is 0 Å². The fraction of sp³-hybridized carbons (Fsp3) is 0.400. The van der Waals surface area contributed by atoms with Crippen LogP contribution in [0.1, 0.15) is 13.8 Å². The van der Waals surface area contributed by atoms with E-state index in [1.54, 1.807) is 12.9 Å². The van der Waals surface area contributed by atoms with Gasteiger partial charge in [0.15, 0.2) is 0 Å². The van der Waals surface area contributed by atoms with E-state index in [1.165, 1.54) is 0 Å². The van der Waals surface area contributed by atoms with Gasteiger partial charge in [-0.3, -0.25) is 0 Å². The molecule has 0 spiro atoms. The number of rotatable bonds is 2. The molecule has 0 amide bonds. The van der Waals surface area contributed by atoms with Crippen LogP contribution in [0.4, 0.5) is 0 Å². The SMILES string of the molecule is C[CH]O/C=C\C. The Kier molecular flexibility index (Phi) is 4.19. The molecule has 1 radical (unpaired) electrons. The smallest absolute Gasteiger partial charge is 0.131 e. The van der Waals surface area contributed by atoms with Gasteiger partial charge in [0.05, 0.1) is 6.26 Å². The van der Waals surface area contributed by atoms with Crippen molar-refractivity contribution in [3.63, 3.8) is 0 Å². The van der Waals surface area contributed by atoms with Gasteiger partial charge in [-0.25, -0.2) is 0 Å². The van der Waals surface area contributed by atoms with Crippen LogP contribution in [0.5, 0.6) is 0 Å². The summed E-state index contributed by atoms with van der Waals surface area (Å²) in [6.45, 7) is 5.36. The minimum Gasteiger partial charge on any atom is -0.495 e. The molecule has 35 valence electrons. The highest BCUT2D eigenvalue weighted by molar-refractivity contribution is 4.65. The molecular formula is C5H9O. The average molecular weight is 85.1 g/mol. The molecule has 0 aliphatic carbocycles. The third kappa shape index (κ3) is 3.54. The molecule has 0 atom stereocenters. The van der Waals surface area contributed by atoms with Crippen LogP contribution in [-0.4, -0.2) is 0 Å². The molecular weight excluding hydrogens is 76.1 g/mol. The first kappa shape index (κ1) is 5.54. The lowest BCUT2D eigenvalue weighted by Crippen LogP contribution is -1.64. The van der Waals surface area contributed by atoms with Gasteiger partial charge in [-0.1, -0.05) is 6.08 Å². The third-order valence-corrected chi connectivity index (χ3v) is 0.351. The predicted octanol–water partition coefficient (Wildman–Crippen LogP) is 1.72. The second-order valence-electron chi connectivity index (χ2n) is 0.841. The molecule has 0 heterocycles. The topological polar surface area (TPSA) is 9.23 Å². The van der Waals surface area contributed by atoms with Crippen molar-refractivity contribution in [2.75, 3.05) is 0 Å². The van der Waals surface area contributed by atoms with Crippen molar-refractivity contribution < 1.29 is 4.74 Å². The first-order valence-corrected chi connectivity index (χ1v) is 1.96. The van der Waals surface area contributed by atoms with Gasteiger partial charge in [-0.2, -0.15) is 0 Å². The van der Waals surface area contributed by atoms with E-state index in [4.69, 9.17) is 0 Å². The van der Waals surface area contributed by atoms with Crippen molar-refractivity contribution in [2.24, 2.45) is 0 Å². The summed E-state index contributed by atoms with van der Waals surface area (Å²) in [4.78, 5) is 0. The molecule has 0 aromatic heterocycles. The van der Waals surface area contributed by atoms with E-state index in [-0.39, 0.29) is 0 Å². The highest BCUT2D eigenvalue weighted by Gasteiger charge is 1.61. The Morgan fingerprint density at radius 3 is 2.17 bits per heavy atom. The van der Waals surface area contributed by atoms with Crippen molar-refractivity contribution in [3.05, 3.63) is 18.9 Å². The zero-order chi connectivity index (χ0) is 4.83. The molecule has 0 aromatic rings. The highest BCUT2D eigenvalue weighted by atomic mass is 16.5. The van der Waals surface area contributed by atoms with Gasteiger partial charge in [0.2, 0.25) is 0 Å². The molecule has 0 aromatic carbocycles. The Balaban J connectivity index is 2.66. The Labute approximate surface area is 38.6 Å². The van der Waals surface area contributed by atoms with Crippen molar-refractivity contribution in [1.29, 1.82) is 0 Å². The molecule has 0 saturated heterocycles. The summed E-state index contributed by atoms with van der Waals surface area (Å²) in [5, 5.41) is 0. The first-order valence-electron chi connectivity index (χ1n) is 1.96. The monoisotopic (exact) mass is 85.1 g/mol. The normalized spacial score (nSPS) is 9.67. The Hall–Kier alpha value is -0.460. The minimum absolute atomic E-state index is 1.62. The molecule has 1 heteroatoms. The first-order chi connectivity index (χ1) is 2.91. The fourth-order valence-corrected chi connectivity index (χ4v) is 0.157. The number of hydrogen-bond acceptors (Lipinski definition) is 1. The van der Waals surface area contributed by atoms with E-state index in [0.717, 1.165) is 0 Å². The molecule has 0 saturated carbocycles. The van der Waals surface area contributed by atoms with E-state index in [9.17, 15) is 0 Å². The molecule has 0 unspecified atom stereocenters. The molecule has 0 N–H and O–H groups in total. The molecule has 0 aliphatic heterocycles. The molecule has 0 fully saturated rings. The number of hydrogen-bond donors (Lipinski definition) is 0. The van der Waals surface area contributed by atoms with Crippen LogP contribution in [0, 0.1) is 6.61 Å². The third-order valence-electron chi connectivity index (χ3n) is 0.351. The summed E-state index contributed by atoms with van der Waals surface area (Å²) in [7, 11) is 0. The number of ether oxygens (including phenoxy) is 1. The molecule has 1 nitrogen and oxygen atoms in total. The van der Waals surface area contributed by atoms with Gasteiger partial charge in [-0.15, -0.1) is 0 Å². The van der Waals surface area contributed by atoms with Gasteiger partial charge in [-0.05, 0) is 13.8 Å². The maximum Gasteiger partial charge on any atom is 0.131 e. The molecule has 0 rings (SSSR count). The van der Waals surface area contributed by atoms with E-state index in [2.05, 4.69) is 4.74 Å². The van der Waals surface area contributed by atoms with E-state index < -0.39 is 0 Å². The summed E-state index contributed by atoms with van der Waals surface area (Å²) in [6, 6.07) is 0. The van der Waals surface area contributed by atoms with Gasteiger partial charge < -0.3 is 4.74 Å². The van der Waals surface area contributed by atoms with Crippen LogP contribution in [0.15, 0.2) is 12.3 Å². The van der Waals surface area contributed by atoms with Gasteiger partial charge in [0.25, 0.3) is 0 Å². The highest BCUT2D eigenvalue weighted by Crippen LogP contribution is 1.77. The molecule has 0 bridgehead atoms.